The van der Waals surface area contributed by atoms with Crippen LogP contribution in [0.2, 0.25) is 0 Å². The average Bonchev–Trinajstić information content (AvgIpc) is 3.16. The van der Waals surface area contributed by atoms with E-state index in [4.69, 9.17) is 9.47 Å². The number of hydrogen-bond acceptors (Lipinski definition) is 6. The van der Waals surface area contributed by atoms with Crippen LogP contribution in [-0.2, 0) is 19.5 Å². The molecule has 0 bridgehead atoms. The fourth-order valence-electron chi connectivity index (χ4n) is 3.53. The first kappa shape index (κ1) is 20.4. The molecule has 2 heterocycles. The number of benzene rings is 2. The van der Waals surface area contributed by atoms with Crippen molar-refractivity contribution in [2.24, 2.45) is 0 Å². The number of fused-ring (bicyclic) bond motifs is 1. The van der Waals surface area contributed by atoms with Crippen molar-refractivity contribution in [1.82, 2.24) is 9.88 Å². The van der Waals surface area contributed by atoms with Crippen molar-refractivity contribution < 1.29 is 14.3 Å². The van der Waals surface area contributed by atoms with Crippen molar-refractivity contribution >= 4 is 22.4 Å². The Morgan fingerprint density at radius 3 is 2.80 bits per heavy atom. The van der Waals surface area contributed by atoms with Crippen LogP contribution in [-0.4, -0.2) is 36.1 Å². The molecule has 0 spiro atoms. The van der Waals surface area contributed by atoms with Crippen molar-refractivity contribution in [3.63, 3.8) is 0 Å². The maximum Gasteiger partial charge on any atom is 0.257 e. The maximum atomic E-state index is 12.7. The number of carbonyl (C=O) groups excluding carboxylic acids is 1. The molecule has 1 aliphatic heterocycles. The van der Waals surface area contributed by atoms with E-state index in [1.54, 1.807) is 36.6 Å². The minimum Gasteiger partial charge on any atom is -0.493 e. The summed E-state index contributed by atoms with van der Waals surface area (Å²) in [6.07, 6.45) is 0.894. The van der Waals surface area contributed by atoms with Crippen LogP contribution in [0.15, 0.2) is 48.5 Å². The van der Waals surface area contributed by atoms with Gasteiger partial charge in [-0.05, 0) is 30.7 Å². The minimum atomic E-state index is -0.205. The lowest BCUT2D eigenvalue weighted by atomic mass is 10.1. The Morgan fingerprint density at radius 2 is 2.03 bits per heavy atom. The number of ether oxygens (including phenoxy) is 2. The zero-order valence-corrected chi connectivity index (χ0v) is 18.0. The quantitative estimate of drug-likeness (QED) is 0.612. The Hall–Kier alpha value is -2.90. The topological polar surface area (TPSA) is 63.7 Å². The fourth-order valence-corrected chi connectivity index (χ4v) is 4.58. The summed E-state index contributed by atoms with van der Waals surface area (Å²) in [6.45, 7) is 5.19. The number of nitrogens with zero attached hydrogens (tertiary/aromatic N) is 2. The van der Waals surface area contributed by atoms with E-state index in [2.05, 4.69) is 39.5 Å². The number of amides is 1. The molecule has 1 aliphatic rings. The SMILES string of the molecule is CCOc1ccc(C(=O)Nc2nc3c(s2)CN(Cc2ccccc2)CC3)cc1OC. The van der Waals surface area contributed by atoms with Gasteiger partial charge < -0.3 is 9.47 Å². The zero-order chi connectivity index (χ0) is 20.9. The van der Waals surface area contributed by atoms with Crippen LogP contribution in [0.1, 0.15) is 33.4 Å². The van der Waals surface area contributed by atoms with Gasteiger partial charge in [0, 0.05) is 36.5 Å². The fraction of sp³-hybridized carbons (Fsp3) is 0.304. The molecule has 1 aromatic heterocycles. The molecule has 0 fully saturated rings. The van der Waals surface area contributed by atoms with Gasteiger partial charge >= 0.3 is 0 Å². The third kappa shape index (κ3) is 4.63. The molecular formula is C23H25N3O3S. The van der Waals surface area contributed by atoms with Crippen molar-refractivity contribution in [2.45, 2.75) is 26.4 Å². The summed E-state index contributed by atoms with van der Waals surface area (Å²) < 4.78 is 10.9. The van der Waals surface area contributed by atoms with Crippen molar-refractivity contribution in [2.75, 3.05) is 25.6 Å². The third-order valence-corrected chi connectivity index (χ3v) is 6.00. The smallest absolute Gasteiger partial charge is 0.257 e. The van der Waals surface area contributed by atoms with Gasteiger partial charge in [-0.2, -0.15) is 0 Å². The van der Waals surface area contributed by atoms with Gasteiger partial charge in [0.1, 0.15) is 0 Å². The van der Waals surface area contributed by atoms with Crippen LogP contribution in [0, 0.1) is 0 Å². The second-order valence-corrected chi connectivity index (χ2v) is 8.17. The van der Waals surface area contributed by atoms with E-state index in [9.17, 15) is 4.79 Å². The van der Waals surface area contributed by atoms with Gasteiger partial charge in [0.15, 0.2) is 16.6 Å². The molecule has 0 radical (unpaired) electrons. The van der Waals surface area contributed by atoms with Crippen LogP contribution in [0.25, 0.3) is 0 Å². The molecule has 0 saturated heterocycles. The molecule has 6 nitrogen and oxygen atoms in total. The van der Waals surface area contributed by atoms with Crippen LogP contribution in [0.5, 0.6) is 11.5 Å². The Morgan fingerprint density at radius 1 is 1.20 bits per heavy atom. The molecule has 30 heavy (non-hydrogen) atoms. The normalized spacial score (nSPS) is 13.5. The number of anilines is 1. The number of nitrogens with one attached hydrogen (secondary N) is 1. The van der Waals surface area contributed by atoms with Gasteiger partial charge in [0.25, 0.3) is 5.91 Å². The summed E-state index contributed by atoms with van der Waals surface area (Å²) >= 11 is 1.55. The van der Waals surface area contributed by atoms with Gasteiger partial charge in [0.2, 0.25) is 0 Å². The lowest BCUT2D eigenvalue weighted by Gasteiger charge is -2.25. The Labute approximate surface area is 180 Å². The minimum absolute atomic E-state index is 0.205. The number of methoxy groups -OCH3 is 1. The van der Waals surface area contributed by atoms with Crippen LogP contribution in [0.4, 0.5) is 5.13 Å². The number of aromatic nitrogens is 1. The third-order valence-electron chi connectivity index (χ3n) is 5.01. The summed E-state index contributed by atoms with van der Waals surface area (Å²) in [5.74, 6) is 0.961. The molecule has 0 aliphatic carbocycles. The molecule has 0 atom stereocenters. The predicted octanol–water partition coefficient (Wildman–Crippen LogP) is 4.36. The number of rotatable bonds is 7. The molecule has 0 unspecified atom stereocenters. The van der Waals surface area contributed by atoms with E-state index in [1.807, 2.05) is 13.0 Å². The Bertz CT molecular complexity index is 1020. The summed E-state index contributed by atoms with van der Waals surface area (Å²) in [6, 6.07) is 15.7. The summed E-state index contributed by atoms with van der Waals surface area (Å²) in [5, 5.41) is 3.57. The van der Waals surface area contributed by atoms with Gasteiger partial charge in [-0.1, -0.05) is 30.3 Å². The van der Waals surface area contributed by atoms with Crippen molar-refractivity contribution in [3.05, 3.63) is 70.2 Å². The molecular weight excluding hydrogens is 398 g/mol. The molecule has 2 aromatic carbocycles. The second kappa shape index (κ2) is 9.28. The predicted molar refractivity (Wildman–Crippen MR) is 118 cm³/mol. The zero-order valence-electron chi connectivity index (χ0n) is 17.2. The van der Waals surface area contributed by atoms with E-state index in [1.165, 1.54) is 10.4 Å². The van der Waals surface area contributed by atoms with Gasteiger partial charge in [-0.25, -0.2) is 4.98 Å². The van der Waals surface area contributed by atoms with E-state index in [-0.39, 0.29) is 5.91 Å². The number of carbonyl (C=O) groups is 1. The highest BCUT2D eigenvalue weighted by Crippen LogP contribution is 2.31. The van der Waals surface area contributed by atoms with E-state index in [0.29, 0.717) is 28.8 Å². The van der Waals surface area contributed by atoms with Crippen molar-refractivity contribution in [1.29, 1.82) is 0 Å². The van der Waals surface area contributed by atoms with Crippen LogP contribution in [0.3, 0.4) is 0 Å². The first-order chi connectivity index (χ1) is 14.7. The summed E-state index contributed by atoms with van der Waals surface area (Å²) in [5.41, 5.74) is 2.90. The molecule has 7 heteroatoms. The van der Waals surface area contributed by atoms with Crippen molar-refractivity contribution in [3.8, 4) is 11.5 Å². The van der Waals surface area contributed by atoms with Gasteiger partial charge in [-0.3, -0.25) is 15.0 Å². The molecule has 4 rings (SSSR count). The molecule has 1 amide bonds. The van der Waals surface area contributed by atoms with E-state index in [0.717, 1.165) is 31.7 Å². The monoisotopic (exact) mass is 423 g/mol. The Balaban J connectivity index is 1.42. The highest BCUT2D eigenvalue weighted by Gasteiger charge is 2.22. The highest BCUT2D eigenvalue weighted by atomic mass is 32.1. The molecule has 156 valence electrons. The van der Waals surface area contributed by atoms with Gasteiger partial charge in [0.05, 0.1) is 19.4 Å². The average molecular weight is 424 g/mol. The van der Waals surface area contributed by atoms with Crippen LogP contribution < -0.4 is 14.8 Å². The molecule has 1 N–H and O–H groups in total. The summed E-state index contributed by atoms with van der Waals surface area (Å²) in [4.78, 5) is 21.0. The Kier molecular flexibility index (Phi) is 6.30. The van der Waals surface area contributed by atoms with E-state index >= 15 is 0 Å². The first-order valence-electron chi connectivity index (χ1n) is 10.0. The van der Waals surface area contributed by atoms with E-state index < -0.39 is 0 Å². The lowest BCUT2D eigenvalue weighted by Crippen LogP contribution is -2.29. The first-order valence-corrected chi connectivity index (χ1v) is 10.8. The van der Waals surface area contributed by atoms with Gasteiger partial charge in [-0.15, -0.1) is 11.3 Å². The molecule has 3 aromatic rings. The maximum absolute atomic E-state index is 12.7. The lowest BCUT2D eigenvalue weighted by molar-refractivity contribution is 0.102. The number of thiazole rings is 1. The van der Waals surface area contributed by atoms with Crippen LogP contribution >= 0.6 is 11.3 Å². The molecule has 0 saturated carbocycles. The summed E-state index contributed by atoms with van der Waals surface area (Å²) in [7, 11) is 1.57. The standard InChI is InChI=1S/C23H25N3O3S/c1-3-29-19-10-9-17(13-20(19)28-2)22(27)25-23-24-18-11-12-26(15-21(18)30-23)14-16-7-5-4-6-8-16/h4-10,13H,3,11-12,14-15H2,1-2H3,(H,24,25,27). The second-order valence-electron chi connectivity index (χ2n) is 7.09. The largest absolute Gasteiger partial charge is 0.493 e. The highest BCUT2D eigenvalue weighted by molar-refractivity contribution is 7.15. The number of hydrogen-bond donors (Lipinski definition) is 1.